The van der Waals surface area contributed by atoms with Crippen LogP contribution in [0.2, 0.25) is 0 Å². The fourth-order valence-corrected chi connectivity index (χ4v) is 2.54. The molecule has 0 aromatic heterocycles. The fourth-order valence-electron chi connectivity index (χ4n) is 2.54. The van der Waals surface area contributed by atoms with Crippen LogP contribution in [0.15, 0.2) is 73.3 Å². The Hall–Kier alpha value is -2.39. The van der Waals surface area contributed by atoms with Crippen molar-refractivity contribution in [3.05, 3.63) is 84.4 Å². The third-order valence-corrected chi connectivity index (χ3v) is 3.93. The van der Waals surface area contributed by atoms with Gasteiger partial charge in [-0.1, -0.05) is 54.6 Å². The minimum absolute atomic E-state index is 0.184. The lowest BCUT2D eigenvalue weighted by Gasteiger charge is -2.33. The van der Waals surface area contributed by atoms with Crippen LogP contribution in [0.3, 0.4) is 0 Å². The van der Waals surface area contributed by atoms with Crippen LogP contribution in [-0.2, 0) is 6.42 Å². The standard InChI is InChI=1S/C20H23NO2/c1-3-14-20(2,23)18(15-16-10-6-4-7-11-16)21-19(22)17-12-8-5-9-13-17/h3-13,18,23H,1,14-15H2,2H3,(H,21,22)/t18-,20-/m0/s1. The molecule has 3 nitrogen and oxygen atoms in total. The topological polar surface area (TPSA) is 49.3 Å². The summed E-state index contributed by atoms with van der Waals surface area (Å²) in [4.78, 5) is 12.4. The van der Waals surface area contributed by atoms with Crippen molar-refractivity contribution >= 4 is 5.91 Å². The monoisotopic (exact) mass is 309 g/mol. The van der Waals surface area contributed by atoms with Gasteiger partial charge < -0.3 is 10.4 Å². The largest absolute Gasteiger partial charge is 0.388 e. The molecule has 2 aromatic rings. The normalized spacial score (nSPS) is 14.5. The van der Waals surface area contributed by atoms with E-state index in [-0.39, 0.29) is 5.91 Å². The second kappa shape index (κ2) is 7.75. The van der Waals surface area contributed by atoms with E-state index in [2.05, 4.69) is 11.9 Å². The van der Waals surface area contributed by atoms with Crippen molar-refractivity contribution in [2.24, 2.45) is 0 Å². The highest BCUT2D eigenvalue weighted by Gasteiger charge is 2.32. The summed E-state index contributed by atoms with van der Waals surface area (Å²) in [6, 6.07) is 18.5. The Morgan fingerprint density at radius 3 is 2.30 bits per heavy atom. The molecule has 0 unspecified atom stereocenters. The molecule has 0 radical (unpaired) electrons. The van der Waals surface area contributed by atoms with Gasteiger partial charge in [0.2, 0.25) is 0 Å². The fraction of sp³-hybridized carbons (Fsp3) is 0.250. The zero-order chi connectivity index (χ0) is 16.7. The molecule has 2 atom stereocenters. The molecule has 0 saturated carbocycles. The number of nitrogens with one attached hydrogen (secondary N) is 1. The van der Waals surface area contributed by atoms with Crippen LogP contribution in [0.25, 0.3) is 0 Å². The lowest BCUT2D eigenvalue weighted by atomic mass is 9.87. The summed E-state index contributed by atoms with van der Waals surface area (Å²) in [5.74, 6) is -0.184. The van der Waals surface area contributed by atoms with Gasteiger partial charge in [-0.3, -0.25) is 4.79 Å². The smallest absolute Gasteiger partial charge is 0.251 e. The predicted octanol–water partition coefficient (Wildman–Crippen LogP) is 3.35. The van der Waals surface area contributed by atoms with Gasteiger partial charge in [0.15, 0.2) is 0 Å². The summed E-state index contributed by atoms with van der Waals surface area (Å²) in [6.45, 7) is 5.43. The van der Waals surface area contributed by atoms with Crippen LogP contribution in [0.1, 0.15) is 29.3 Å². The van der Waals surface area contributed by atoms with Crippen molar-refractivity contribution in [3.8, 4) is 0 Å². The summed E-state index contributed by atoms with van der Waals surface area (Å²) >= 11 is 0. The van der Waals surface area contributed by atoms with Gasteiger partial charge in [-0.25, -0.2) is 0 Å². The average molecular weight is 309 g/mol. The number of aliphatic hydroxyl groups is 1. The van der Waals surface area contributed by atoms with Crippen molar-refractivity contribution in [2.75, 3.05) is 0 Å². The SMILES string of the molecule is C=CC[C@](C)(O)[C@H](Cc1ccccc1)NC(=O)c1ccccc1. The summed E-state index contributed by atoms with van der Waals surface area (Å²) in [7, 11) is 0. The van der Waals surface area contributed by atoms with Gasteiger partial charge in [0.25, 0.3) is 5.91 Å². The van der Waals surface area contributed by atoms with Gasteiger partial charge in [-0.05, 0) is 37.5 Å². The Kier molecular flexibility index (Phi) is 5.72. The molecule has 0 spiro atoms. The van der Waals surface area contributed by atoms with Crippen LogP contribution in [0, 0.1) is 0 Å². The maximum Gasteiger partial charge on any atom is 0.251 e. The Morgan fingerprint density at radius 1 is 1.17 bits per heavy atom. The molecule has 0 aliphatic rings. The maximum absolute atomic E-state index is 12.4. The van der Waals surface area contributed by atoms with E-state index in [9.17, 15) is 9.90 Å². The van der Waals surface area contributed by atoms with Gasteiger partial charge in [-0.15, -0.1) is 6.58 Å². The van der Waals surface area contributed by atoms with Crippen LogP contribution < -0.4 is 5.32 Å². The lowest BCUT2D eigenvalue weighted by Crippen LogP contribution is -2.52. The van der Waals surface area contributed by atoms with Crippen molar-refractivity contribution < 1.29 is 9.90 Å². The molecule has 23 heavy (non-hydrogen) atoms. The van der Waals surface area contributed by atoms with E-state index >= 15 is 0 Å². The van der Waals surface area contributed by atoms with E-state index in [1.54, 1.807) is 25.1 Å². The molecule has 120 valence electrons. The molecule has 0 fully saturated rings. The molecule has 0 aliphatic heterocycles. The molecule has 0 bridgehead atoms. The van der Waals surface area contributed by atoms with Crippen LogP contribution >= 0.6 is 0 Å². The van der Waals surface area contributed by atoms with Gasteiger partial charge in [0.1, 0.15) is 0 Å². The van der Waals surface area contributed by atoms with E-state index in [0.717, 1.165) is 5.56 Å². The quantitative estimate of drug-likeness (QED) is 0.771. The third kappa shape index (κ3) is 4.80. The number of benzene rings is 2. The summed E-state index contributed by atoms with van der Waals surface area (Å²) in [5.41, 5.74) is 0.581. The van der Waals surface area contributed by atoms with Crippen LogP contribution in [0.5, 0.6) is 0 Å². The van der Waals surface area contributed by atoms with E-state index < -0.39 is 11.6 Å². The van der Waals surface area contributed by atoms with Gasteiger partial charge in [0.05, 0.1) is 11.6 Å². The Labute approximate surface area is 137 Å². The average Bonchev–Trinajstić information content (AvgIpc) is 2.56. The highest BCUT2D eigenvalue weighted by Crippen LogP contribution is 2.20. The second-order valence-electron chi connectivity index (χ2n) is 5.93. The van der Waals surface area contributed by atoms with Crippen molar-refractivity contribution in [3.63, 3.8) is 0 Å². The van der Waals surface area contributed by atoms with Crippen molar-refractivity contribution in [1.82, 2.24) is 5.32 Å². The van der Waals surface area contributed by atoms with E-state index in [4.69, 9.17) is 0 Å². The van der Waals surface area contributed by atoms with E-state index in [0.29, 0.717) is 18.4 Å². The minimum Gasteiger partial charge on any atom is -0.388 e. The zero-order valence-electron chi connectivity index (χ0n) is 13.4. The number of carbonyl (C=O) groups is 1. The molecule has 0 saturated heterocycles. The van der Waals surface area contributed by atoms with E-state index in [1.165, 1.54) is 0 Å². The predicted molar refractivity (Wildman–Crippen MR) is 93.3 cm³/mol. The maximum atomic E-state index is 12.4. The molecule has 2 aromatic carbocycles. The molecule has 0 heterocycles. The van der Waals surface area contributed by atoms with E-state index in [1.807, 2.05) is 48.5 Å². The highest BCUT2D eigenvalue weighted by atomic mass is 16.3. The van der Waals surface area contributed by atoms with Crippen LogP contribution in [0.4, 0.5) is 0 Å². The molecule has 0 aliphatic carbocycles. The number of hydrogen-bond acceptors (Lipinski definition) is 2. The lowest BCUT2D eigenvalue weighted by molar-refractivity contribution is 0.0212. The molecule has 3 heteroatoms. The number of hydrogen-bond donors (Lipinski definition) is 2. The molecular formula is C20H23NO2. The van der Waals surface area contributed by atoms with Crippen LogP contribution in [-0.4, -0.2) is 22.7 Å². The molecule has 2 rings (SSSR count). The number of carbonyl (C=O) groups excluding carboxylic acids is 1. The Balaban J connectivity index is 2.19. The number of amides is 1. The van der Waals surface area contributed by atoms with Gasteiger partial charge in [0, 0.05) is 5.56 Å². The highest BCUT2D eigenvalue weighted by molar-refractivity contribution is 5.94. The first-order valence-corrected chi connectivity index (χ1v) is 7.76. The van der Waals surface area contributed by atoms with Crippen molar-refractivity contribution in [1.29, 1.82) is 0 Å². The second-order valence-corrected chi connectivity index (χ2v) is 5.93. The number of rotatable bonds is 7. The summed E-state index contributed by atoms with van der Waals surface area (Å²) in [6.07, 6.45) is 2.63. The summed E-state index contributed by atoms with van der Waals surface area (Å²) < 4.78 is 0. The molecule has 1 amide bonds. The van der Waals surface area contributed by atoms with Gasteiger partial charge in [-0.2, -0.15) is 0 Å². The Morgan fingerprint density at radius 2 is 1.74 bits per heavy atom. The zero-order valence-corrected chi connectivity index (χ0v) is 13.4. The van der Waals surface area contributed by atoms with Gasteiger partial charge >= 0.3 is 0 Å². The Bertz CT molecular complexity index is 635. The third-order valence-electron chi connectivity index (χ3n) is 3.93. The van der Waals surface area contributed by atoms with Crippen molar-refractivity contribution in [2.45, 2.75) is 31.4 Å². The molecular weight excluding hydrogens is 286 g/mol. The first kappa shape index (κ1) is 17.0. The minimum atomic E-state index is -1.07. The first-order chi connectivity index (χ1) is 11.0. The molecule has 2 N–H and O–H groups in total. The summed E-state index contributed by atoms with van der Waals surface area (Å²) in [5, 5.41) is 13.7. The first-order valence-electron chi connectivity index (χ1n) is 7.76.